The average Bonchev–Trinajstić information content (AvgIpc) is 2.64. The van der Waals surface area contributed by atoms with Gasteiger partial charge in [0.25, 0.3) is 0 Å². The van der Waals surface area contributed by atoms with E-state index >= 15 is 0 Å². The minimum atomic E-state index is -0.567. The maximum atomic E-state index is 12.5. The van der Waals surface area contributed by atoms with Crippen LogP contribution in [0, 0.1) is 20.8 Å². The Morgan fingerprint density at radius 2 is 1.58 bits per heavy atom. The number of nitrogens with zero attached hydrogens (tertiary/aromatic N) is 2. The van der Waals surface area contributed by atoms with Crippen LogP contribution in [-0.2, 0) is 9.59 Å². The molecule has 2 aromatic rings. The first-order valence-corrected chi connectivity index (χ1v) is 8.93. The fourth-order valence-corrected chi connectivity index (χ4v) is 3.18. The molecule has 0 radical (unpaired) electrons. The van der Waals surface area contributed by atoms with Crippen molar-refractivity contribution in [2.75, 3.05) is 36.4 Å². The molecule has 0 aliphatic carbocycles. The van der Waals surface area contributed by atoms with Crippen molar-refractivity contribution in [2.45, 2.75) is 20.8 Å². The minimum Gasteiger partial charge on any atom is -0.368 e. The van der Waals surface area contributed by atoms with Gasteiger partial charge in [0.15, 0.2) is 0 Å². The van der Waals surface area contributed by atoms with E-state index in [2.05, 4.69) is 35.3 Å². The average molecular weight is 351 g/mol. The summed E-state index contributed by atoms with van der Waals surface area (Å²) in [6, 6.07) is 14.1. The summed E-state index contributed by atoms with van der Waals surface area (Å²) in [7, 11) is 0. The Morgan fingerprint density at radius 1 is 0.885 bits per heavy atom. The second kappa shape index (κ2) is 7.60. The number of benzene rings is 2. The number of carbonyl (C=O) groups is 2. The lowest BCUT2D eigenvalue weighted by Crippen LogP contribution is -2.51. The van der Waals surface area contributed by atoms with Crippen molar-refractivity contribution >= 4 is 23.2 Å². The van der Waals surface area contributed by atoms with Crippen LogP contribution in [0.5, 0.6) is 0 Å². The Labute approximate surface area is 154 Å². The number of aryl methyl sites for hydroxylation is 3. The quantitative estimate of drug-likeness (QED) is 0.847. The van der Waals surface area contributed by atoms with E-state index in [1.807, 2.05) is 38.1 Å². The molecule has 0 bridgehead atoms. The largest absolute Gasteiger partial charge is 0.368 e. The molecule has 0 unspecified atom stereocenters. The molecule has 0 saturated carbocycles. The maximum absolute atomic E-state index is 12.5. The van der Waals surface area contributed by atoms with E-state index in [9.17, 15) is 9.59 Å². The second-order valence-corrected chi connectivity index (χ2v) is 6.89. The topological polar surface area (TPSA) is 52.7 Å². The number of rotatable bonds is 2. The second-order valence-electron chi connectivity index (χ2n) is 6.89. The standard InChI is InChI=1S/C21H25N3O2/c1-15-5-4-6-18(13-15)23-9-11-24(12-10-23)21(26)20(25)22-19-14-16(2)7-8-17(19)3/h4-8,13-14H,9-12H2,1-3H3,(H,22,25). The van der Waals surface area contributed by atoms with Gasteiger partial charge in [0.05, 0.1) is 0 Å². The van der Waals surface area contributed by atoms with Crippen molar-refractivity contribution in [3.8, 4) is 0 Å². The Morgan fingerprint density at radius 3 is 2.27 bits per heavy atom. The monoisotopic (exact) mass is 351 g/mol. The fraction of sp³-hybridized carbons (Fsp3) is 0.333. The molecule has 1 heterocycles. The van der Waals surface area contributed by atoms with Crippen LogP contribution in [0.25, 0.3) is 0 Å². The van der Waals surface area contributed by atoms with Crippen LogP contribution in [0.15, 0.2) is 42.5 Å². The first-order chi connectivity index (χ1) is 12.4. The van der Waals surface area contributed by atoms with Gasteiger partial charge in [-0.15, -0.1) is 0 Å². The zero-order valence-electron chi connectivity index (χ0n) is 15.6. The van der Waals surface area contributed by atoms with E-state index in [0.717, 1.165) is 29.9 Å². The molecule has 1 aliphatic heterocycles. The molecule has 5 nitrogen and oxygen atoms in total. The highest BCUT2D eigenvalue weighted by atomic mass is 16.2. The van der Waals surface area contributed by atoms with Gasteiger partial charge in [0.1, 0.15) is 0 Å². The zero-order valence-corrected chi connectivity index (χ0v) is 15.6. The summed E-state index contributed by atoms with van der Waals surface area (Å²) in [5, 5.41) is 2.75. The molecule has 136 valence electrons. The van der Waals surface area contributed by atoms with Crippen molar-refractivity contribution in [3.05, 3.63) is 59.2 Å². The molecule has 5 heteroatoms. The van der Waals surface area contributed by atoms with Crippen molar-refractivity contribution in [3.63, 3.8) is 0 Å². The maximum Gasteiger partial charge on any atom is 0.313 e. The number of amides is 2. The third kappa shape index (κ3) is 4.04. The molecule has 1 N–H and O–H groups in total. The van der Waals surface area contributed by atoms with Gasteiger partial charge in [-0.3, -0.25) is 9.59 Å². The summed E-state index contributed by atoms with van der Waals surface area (Å²) in [4.78, 5) is 28.7. The van der Waals surface area contributed by atoms with Gasteiger partial charge in [-0.25, -0.2) is 0 Å². The molecule has 0 aromatic heterocycles. The lowest BCUT2D eigenvalue weighted by molar-refractivity contribution is -0.143. The van der Waals surface area contributed by atoms with E-state index in [0.29, 0.717) is 18.8 Å². The molecule has 0 spiro atoms. The zero-order chi connectivity index (χ0) is 18.7. The Kier molecular flexibility index (Phi) is 5.26. The van der Waals surface area contributed by atoms with Crippen molar-refractivity contribution in [2.24, 2.45) is 0 Å². The Bertz CT molecular complexity index is 824. The van der Waals surface area contributed by atoms with Crippen molar-refractivity contribution in [1.82, 2.24) is 4.90 Å². The van der Waals surface area contributed by atoms with E-state index in [4.69, 9.17) is 0 Å². The molecule has 1 fully saturated rings. The lowest BCUT2D eigenvalue weighted by Gasteiger charge is -2.35. The highest BCUT2D eigenvalue weighted by Crippen LogP contribution is 2.19. The van der Waals surface area contributed by atoms with Gasteiger partial charge in [0, 0.05) is 37.6 Å². The smallest absolute Gasteiger partial charge is 0.313 e. The summed E-state index contributed by atoms with van der Waals surface area (Å²) >= 11 is 0. The Balaban J connectivity index is 1.59. The van der Waals surface area contributed by atoms with Gasteiger partial charge < -0.3 is 15.1 Å². The van der Waals surface area contributed by atoms with E-state index < -0.39 is 11.8 Å². The van der Waals surface area contributed by atoms with Crippen LogP contribution in [0.1, 0.15) is 16.7 Å². The van der Waals surface area contributed by atoms with Gasteiger partial charge in [-0.2, -0.15) is 0 Å². The van der Waals surface area contributed by atoms with Crippen LogP contribution < -0.4 is 10.2 Å². The van der Waals surface area contributed by atoms with Crippen LogP contribution in [0.3, 0.4) is 0 Å². The predicted molar refractivity (Wildman–Crippen MR) is 105 cm³/mol. The molecule has 2 aromatic carbocycles. The molecule has 3 rings (SSSR count). The first kappa shape index (κ1) is 18.0. The van der Waals surface area contributed by atoms with E-state index in [-0.39, 0.29) is 0 Å². The SMILES string of the molecule is Cc1cccc(N2CCN(C(=O)C(=O)Nc3cc(C)ccc3C)CC2)c1. The molecule has 1 saturated heterocycles. The summed E-state index contributed by atoms with van der Waals surface area (Å²) in [5.74, 6) is -1.03. The third-order valence-corrected chi connectivity index (χ3v) is 4.77. The number of piperazine rings is 1. The van der Waals surface area contributed by atoms with Crippen LogP contribution in [0.2, 0.25) is 0 Å². The summed E-state index contributed by atoms with van der Waals surface area (Å²) in [6.45, 7) is 8.50. The number of nitrogens with one attached hydrogen (secondary N) is 1. The summed E-state index contributed by atoms with van der Waals surface area (Å²) in [5.41, 5.74) is 5.07. The number of anilines is 2. The number of hydrogen-bond donors (Lipinski definition) is 1. The molecular formula is C21H25N3O2. The molecular weight excluding hydrogens is 326 g/mol. The minimum absolute atomic E-state index is 0.463. The van der Waals surface area contributed by atoms with Gasteiger partial charge >= 0.3 is 11.8 Å². The lowest BCUT2D eigenvalue weighted by atomic mass is 10.1. The highest BCUT2D eigenvalue weighted by molar-refractivity contribution is 6.39. The van der Waals surface area contributed by atoms with Crippen molar-refractivity contribution < 1.29 is 9.59 Å². The van der Waals surface area contributed by atoms with Gasteiger partial charge in [-0.1, -0.05) is 24.3 Å². The Hall–Kier alpha value is -2.82. The molecule has 0 atom stereocenters. The van der Waals surface area contributed by atoms with Gasteiger partial charge in [-0.05, 0) is 55.7 Å². The molecule has 26 heavy (non-hydrogen) atoms. The molecule has 2 amide bonds. The normalized spacial score (nSPS) is 14.3. The summed E-state index contributed by atoms with van der Waals surface area (Å²) in [6.07, 6.45) is 0. The summed E-state index contributed by atoms with van der Waals surface area (Å²) < 4.78 is 0. The van der Waals surface area contributed by atoms with E-state index in [1.165, 1.54) is 5.56 Å². The van der Waals surface area contributed by atoms with Gasteiger partial charge in [0.2, 0.25) is 0 Å². The predicted octanol–water partition coefficient (Wildman–Crippen LogP) is 2.90. The van der Waals surface area contributed by atoms with Crippen LogP contribution >= 0.6 is 0 Å². The highest BCUT2D eigenvalue weighted by Gasteiger charge is 2.26. The third-order valence-electron chi connectivity index (χ3n) is 4.77. The first-order valence-electron chi connectivity index (χ1n) is 8.93. The number of hydrogen-bond acceptors (Lipinski definition) is 3. The molecule has 1 aliphatic rings. The fourth-order valence-electron chi connectivity index (χ4n) is 3.18. The van der Waals surface area contributed by atoms with Crippen LogP contribution in [0.4, 0.5) is 11.4 Å². The van der Waals surface area contributed by atoms with E-state index in [1.54, 1.807) is 4.90 Å². The van der Waals surface area contributed by atoms with Crippen molar-refractivity contribution in [1.29, 1.82) is 0 Å². The van der Waals surface area contributed by atoms with Crippen LogP contribution in [-0.4, -0.2) is 42.9 Å². The number of carbonyl (C=O) groups excluding carboxylic acids is 2.